The topological polar surface area (TPSA) is 42.0 Å². The highest BCUT2D eigenvalue weighted by molar-refractivity contribution is 6.35. The molecular formula is C13H7Cl2F3N2O. The van der Waals surface area contributed by atoms with E-state index in [2.05, 4.69) is 10.3 Å². The first-order valence-electron chi connectivity index (χ1n) is 5.57. The lowest BCUT2D eigenvalue weighted by atomic mass is 10.2. The van der Waals surface area contributed by atoms with Crippen molar-refractivity contribution in [2.45, 2.75) is 6.18 Å². The first-order valence-corrected chi connectivity index (χ1v) is 6.32. The van der Waals surface area contributed by atoms with Crippen molar-refractivity contribution in [3.05, 3.63) is 57.8 Å². The van der Waals surface area contributed by atoms with Gasteiger partial charge in [-0.25, -0.2) is 4.98 Å². The molecule has 0 spiro atoms. The van der Waals surface area contributed by atoms with Crippen LogP contribution < -0.4 is 5.32 Å². The largest absolute Gasteiger partial charge is 0.416 e. The number of hydrogen-bond donors (Lipinski definition) is 1. The van der Waals surface area contributed by atoms with Crippen molar-refractivity contribution in [2.75, 3.05) is 5.32 Å². The number of alkyl halides is 3. The summed E-state index contributed by atoms with van der Waals surface area (Å²) < 4.78 is 37.3. The second-order valence-corrected chi connectivity index (χ2v) is 4.82. The maximum absolute atomic E-state index is 12.4. The van der Waals surface area contributed by atoms with E-state index in [-0.39, 0.29) is 21.4 Å². The SMILES string of the molecule is O=C(Nc1ccc(C(F)(F)F)cc1)c1cc(Cl)cnc1Cl. The predicted molar refractivity (Wildman–Crippen MR) is 73.7 cm³/mol. The molecule has 110 valence electrons. The molecule has 1 aromatic heterocycles. The third-order valence-electron chi connectivity index (χ3n) is 2.52. The van der Waals surface area contributed by atoms with Gasteiger partial charge in [-0.05, 0) is 30.3 Å². The minimum Gasteiger partial charge on any atom is -0.322 e. The first-order chi connectivity index (χ1) is 9.77. The van der Waals surface area contributed by atoms with Gasteiger partial charge in [0.2, 0.25) is 0 Å². The van der Waals surface area contributed by atoms with Gasteiger partial charge in [0.05, 0.1) is 16.1 Å². The van der Waals surface area contributed by atoms with Crippen LogP contribution >= 0.6 is 23.2 Å². The summed E-state index contributed by atoms with van der Waals surface area (Å²) in [5, 5.41) is 2.58. The van der Waals surface area contributed by atoms with Gasteiger partial charge >= 0.3 is 6.18 Å². The number of nitrogens with zero attached hydrogens (tertiary/aromatic N) is 1. The third kappa shape index (κ3) is 3.86. The second-order valence-electron chi connectivity index (χ2n) is 4.02. The van der Waals surface area contributed by atoms with Crippen LogP contribution in [0.3, 0.4) is 0 Å². The summed E-state index contributed by atoms with van der Waals surface area (Å²) in [6.45, 7) is 0. The van der Waals surface area contributed by atoms with Gasteiger partial charge in [0.1, 0.15) is 5.15 Å². The molecule has 1 amide bonds. The molecule has 2 rings (SSSR count). The van der Waals surface area contributed by atoms with Crippen LogP contribution in [-0.4, -0.2) is 10.9 Å². The molecule has 0 aliphatic heterocycles. The number of benzene rings is 1. The molecule has 0 bridgehead atoms. The number of hydrogen-bond acceptors (Lipinski definition) is 2. The number of carbonyl (C=O) groups excluding carboxylic acids is 1. The number of aromatic nitrogens is 1. The molecule has 8 heteroatoms. The zero-order valence-electron chi connectivity index (χ0n) is 10.2. The van der Waals surface area contributed by atoms with Gasteiger partial charge in [0, 0.05) is 11.9 Å². The van der Waals surface area contributed by atoms with E-state index in [1.54, 1.807) is 0 Å². The molecule has 0 atom stereocenters. The Kier molecular flexibility index (Phi) is 4.39. The van der Waals surface area contributed by atoms with E-state index in [9.17, 15) is 18.0 Å². The van der Waals surface area contributed by atoms with E-state index in [1.807, 2.05) is 0 Å². The van der Waals surface area contributed by atoms with Crippen LogP contribution in [0.1, 0.15) is 15.9 Å². The molecule has 1 N–H and O–H groups in total. The number of nitrogens with one attached hydrogen (secondary N) is 1. The average Bonchev–Trinajstić information content (AvgIpc) is 2.41. The van der Waals surface area contributed by atoms with Crippen LogP contribution in [0.4, 0.5) is 18.9 Å². The van der Waals surface area contributed by atoms with Crippen molar-refractivity contribution in [2.24, 2.45) is 0 Å². The molecule has 0 fully saturated rings. The minimum absolute atomic E-state index is 0.0315. The fourth-order valence-corrected chi connectivity index (χ4v) is 1.87. The van der Waals surface area contributed by atoms with E-state index in [1.165, 1.54) is 12.3 Å². The normalized spacial score (nSPS) is 11.3. The quantitative estimate of drug-likeness (QED) is 0.811. The fraction of sp³-hybridized carbons (Fsp3) is 0.0769. The molecule has 0 aliphatic carbocycles. The molecule has 0 saturated heterocycles. The van der Waals surface area contributed by atoms with Gasteiger partial charge in [0.25, 0.3) is 5.91 Å². The molecule has 1 heterocycles. The molecule has 2 aromatic rings. The molecule has 0 aliphatic rings. The summed E-state index contributed by atoms with van der Waals surface area (Å²) in [5.41, 5.74) is -0.573. The predicted octanol–water partition coefficient (Wildman–Crippen LogP) is 4.66. The molecule has 0 radical (unpaired) electrons. The Bertz CT molecular complexity index is 672. The minimum atomic E-state index is -4.43. The summed E-state index contributed by atoms with van der Waals surface area (Å²) >= 11 is 11.5. The third-order valence-corrected chi connectivity index (χ3v) is 3.03. The van der Waals surface area contributed by atoms with Crippen molar-refractivity contribution >= 4 is 34.8 Å². The summed E-state index contributed by atoms with van der Waals surface area (Å²) in [5.74, 6) is -0.616. The zero-order valence-corrected chi connectivity index (χ0v) is 11.7. The second kappa shape index (κ2) is 5.91. The van der Waals surface area contributed by atoms with Crippen LogP contribution in [0.25, 0.3) is 0 Å². The van der Waals surface area contributed by atoms with E-state index in [4.69, 9.17) is 23.2 Å². The van der Waals surface area contributed by atoms with Crippen LogP contribution in [-0.2, 0) is 6.18 Å². The number of carbonyl (C=O) groups is 1. The van der Waals surface area contributed by atoms with Crippen LogP contribution in [0.5, 0.6) is 0 Å². The van der Waals surface area contributed by atoms with Crippen molar-refractivity contribution < 1.29 is 18.0 Å². The maximum atomic E-state index is 12.4. The number of halogens is 5. The van der Waals surface area contributed by atoms with E-state index in [0.29, 0.717) is 0 Å². The lowest BCUT2D eigenvalue weighted by molar-refractivity contribution is -0.137. The summed E-state index contributed by atoms with van der Waals surface area (Å²) in [7, 11) is 0. The lowest BCUT2D eigenvalue weighted by Gasteiger charge is -2.09. The average molecular weight is 335 g/mol. The first kappa shape index (κ1) is 15.6. The highest BCUT2D eigenvalue weighted by Crippen LogP contribution is 2.30. The Labute approximate surface area is 127 Å². The Morgan fingerprint density at radius 1 is 1.14 bits per heavy atom. The molecule has 3 nitrogen and oxygen atoms in total. The van der Waals surface area contributed by atoms with Crippen LogP contribution in [0, 0.1) is 0 Å². The van der Waals surface area contributed by atoms with E-state index in [0.717, 1.165) is 24.3 Å². The summed E-state index contributed by atoms with van der Waals surface area (Å²) in [6.07, 6.45) is -3.15. The van der Waals surface area contributed by atoms with Crippen molar-refractivity contribution in [3.63, 3.8) is 0 Å². The monoisotopic (exact) mass is 334 g/mol. The Morgan fingerprint density at radius 3 is 2.33 bits per heavy atom. The standard InChI is InChI=1S/C13H7Cl2F3N2O/c14-8-5-10(11(15)19-6-8)12(21)20-9-3-1-7(2-4-9)13(16,17)18/h1-6H,(H,20,21). The zero-order chi connectivity index (χ0) is 15.6. The van der Waals surface area contributed by atoms with Crippen LogP contribution in [0.2, 0.25) is 10.2 Å². The molecule has 0 unspecified atom stereocenters. The Morgan fingerprint density at radius 2 is 1.76 bits per heavy atom. The molecule has 21 heavy (non-hydrogen) atoms. The number of rotatable bonds is 2. The maximum Gasteiger partial charge on any atom is 0.416 e. The van der Waals surface area contributed by atoms with Gasteiger partial charge in [-0.15, -0.1) is 0 Å². The van der Waals surface area contributed by atoms with Crippen LogP contribution in [0.15, 0.2) is 36.5 Å². The van der Waals surface area contributed by atoms with Gasteiger partial charge in [0.15, 0.2) is 0 Å². The molecular weight excluding hydrogens is 328 g/mol. The Hall–Kier alpha value is -1.79. The highest BCUT2D eigenvalue weighted by atomic mass is 35.5. The van der Waals surface area contributed by atoms with Gasteiger partial charge in [-0.3, -0.25) is 4.79 Å². The van der Waals surface area contributed by atoms with Crippen molar-refractivity contribution in [3.8, 4) is 0 Å². The van der Waals surface area contributed by atoms with Crippen molar-refractivity contribution in [1.29, 1.82) is 0 Å². The Balaban J connectivity index is 2.18. The fourth-order valence-electron chi connectivity index (χ4n) is 1.52. The summed E-state index contributed by atoms with van der Waals surface area (Å²) in [6, 6.07) is 5.34. The van der Waals surface area contributed by atoms with Crippen molar-refractivity contribution in [1.82, 2.24) is 4.98 Å². The molecule has 1 aromatic carbocycles. The van der Waals surface area contributed by atoms with E-state index < -0.39 is 17.6 Å². The van der Waals surface area contributed by atoms with E-state index >= 15 is 0 Å². The van der Waals surface area contributed by atoms with Gasteiger partial charge in [-0.2, -0.15) is 13.2 Å². The molecule has 0 saturated carbocycles. The number of pyridine rings is 1. The number of amides is 1. The number of anilines is 1. The van der Waals surface area contributed by atoms with Gasteiger partial charge < -0.3 is 5.32 Å². The van der Waals surface area contributed by atoms with Gasteiger partial charge in [-0.1, -0.05) is 23.2 Å². The summed E-state index contributed by atoms with van der Waals surface area (Å²) in [4.78, 5) is 15.7. The smallest absolute Gasteiger partial charge is 0.322 e. The lowest BCUT2D eigenvalue weighted by Crippen LogP contribution is -2.13. The highest BCUT2D eigenvalue weighted by Gasteiger charge is 2.30.